The molecule has 2 unspecified atom stereocenters. The molecule has 0 saturated heterocycles. The molecule has 0 aliphatic heterocycles. The van der Waals surface area contributed by atoms with E-state index in [1.54, 1.807) is 0 Å². The lowest BCUT2D eigenvalue weighted by Gasteiger charge is -2.38. The topological polar surface area (TPSA) is 45.2 Å². The van der Waals surface area contributed by atoms with E-state index in [0.29, 0.717) is 0 Å². The van der Waals surface area contributed by atoms with E-state index in [-0.39, 0.29) is 0 Å². The highest BCUT2D eigenvalue weighted by atomic mass is 16.5. The van der Waals surface area contributed by atoms with E-state index >= 15 is 0 Å². The summed E-state index contributed by atoms with van der Waals surface area (Å²) in [6, 6.07) is 17.9. The number of nitrogens with one attached hydrogen (secondary N) is 1. The second-order valence-corrected chi connectivity index (χ2v) is 5.98. The summed E-state index contributed by atoms with van der Waals surface area (Å²) in [5.74, 6) is 0.773. The summed E-state index contributed by atoms with van der Waals surface area (Å²) in [6.45, 7) is 3.92. The van der Waals surface area contributed by atoms with Crippen molar-refractivity contribution in [2.75, 3.05) is 0 Å². The Morgan fingerprint density at radius 2 is 1.87 bits per heavy atom. The van der Waals surface area contributed by atoms with Gasteiger partial charge in [-0.15, -0.1) is 0 Å². The van der Waals surface area contributed by atoms with E-state index < -0.39 is 11.7 Å². The molecule has 1 aromatic heterocycles. The molecule has 2 atom stereocenters. The first-order valence-corrected chi connectivity index (χ1v) is 8.16. The van der Waals surface area contributed by atoms with Crippen LogP contribution in [0.4, 0.5) is 0 Å². The number of benzene rings is 2. The number of H-pyrrole nitrogens is 1. The van der Waals surface area contributed by atoms with Gasteiger partial charge < -0.3 is 14.8 Å². The second kappa shape index (κ2) is 6.47. The molecule has 3 rings (SSSR count). The molecule has 0 amide bonds. The van der Waals surface area contributed by atoms with E-state index in [9.17, 15) is 5.11 Å². The minimum Gasteiger partial charge on any atom is -0.480 e. The highest BCUT2D eigenvalue weighted by Gasteiger charge is 2.40. The zero-order chi connectivity index (χ0) is 16.3. The maximum atomic E-state index is 10.7. The Balaban J connectivity index is 2.16. The van der Waals surface area contributed by atoms with E-state index in [1.807, 2.05) is 61.7 Å². The van der Waals surface area contributed by atoms with E-state index in [0.717, 1.165) is 35.1 Å². The maximum absolute atomic E-state index is 10.7. The summed E-state index contributed by atoms with van der Waals surface area (Å²) in [5, 5.41) is 11.8. The van der Waals surface area contributed by atoms with Crippen molar-refractivity contribution in [1.82, 2.24) is 4.98 Å². The van der Waals surface area contributed by atoms with E-state index in [4.69, 9.17) is 4.74 Å². The molecule has 1 heterocycles. The molecule has 0 saturated carbocycles. The second-order valence-electron chi connectivity index (χ2n) is 5.98. The lowest BCUT2D eigenvalue weighted by atomic mass is 9.82. The maximum Gasteiger partial charge on any atom is 0.160 e. The first-order chi connectivity index (χ1) is 11.2. The Morgan fingerprint density at radius 3 is 2.57 bits per heavy atom. The molecular weight excluding hydrogens is 286 g/mol. The molecule has 2 N–H and O–H groups in total. The zero-order valence-corrected chi connectivity index (χ0v) is 13.6. The number of para-hydroxylation sites is 1. The number of fused-ring (bicyclic) bond motifs is 1. The predicted molar refractivity (Wildman–Crippen MR) is 93.6 cm³/mol. The average molecular weight is 309 g/mol. The highest BCUT2D eigenvalue weighted by molar-refractivity contribution is 5.84. The van der Waals surface area contributed by atoms with Crippen LogP contribution in [0.3, 0.4) is 0 Å². The zero-order valence-electron chi connectivity index (χ0n) is 13.6. The predicted octanol–water partition coefficient (Wildman–Crippen LogP) is 4.62. The number of ether oxygens (including phenoxy) is 1. The highest BCUT2D eigenvalue weighted by Crippen LogP contribution is 2.39. The van der Waals surface area contributed by atoms with Crippen molar-refractivity contribution in [3.8, 4) is 5.75 Å². The SMILES string of the molecule is CCCC(Oc1ccccc1)(c1cccc2[nH]ccc12)C(C)O. The number of hydrogen-bond donors (Lipinski definition) is 2. The fourth-order valence-corrected chi connectivity index (χ4v) is 3.28. The van der Waals surface area contributed by atoms with Crippen LogP contribution in [0.15, 0.2) is 60.8 Å². The molecular formula is C20H23NO2. The number of aromatic amines is 1. The van der Waals surface area contributed by atoms with Gasteiger partial charge in [0.1, 0.15) is 5.75 Å². The molecule has 3 nitrogen and oxygen atoms in total. The Kier molecular flexibility index (Phi) is 4.39. The summed E-state index contributed by atoms with van der Waals surface area (Å²) >= 11 is 0. The molecule has 0 fully saturated rings. The molecule has 0 aliphatic rings. The molecule has 0 spiro atoms. The molecule has 2 aromatic carbocycles. The van der Waals surface area contributed by atoms with Gasteiger partial charge in [-0.1, -0.05) is 43.7 Å². The van der Waals surface area contributed by atoms with Gasteiger partial charge in [-0.05, 0) is 37.6 Å². The third-order valence-corrected chi connectivity index (χ3v) is 4.39. The standard InChI is InChI=1S/C20H23NO2/c1-3-13-20(15(2)22,23-16-8-5-4-6-9-16)18-10-7-11-19-17(18)12-14-21-19/h4-12,14-15,21-22H,3,13H2,1-2H3. The average Bonchev–Trinajstić information content (AvgIpc) is 3.03. The number of hydrogen-bond acceptors (Lipinski definition) is 2. The van der Waals surface area contributed by atoms with Crippen molar-refractivity contribution in [1.29, 1.82) is 0 Å². The largest absolute Gasteiger partial charge is 0.480 e. The quantitative estimate of drug-likeness (QED) is 0.697. The van der Waals surface area contributed by atoms with Crippen molar-refractivity contribution in [3.63, 3.8) is 0 Å². The number of aromatic nitrogens is 1. The molecule has 120 valence electrons. The fraction of sp³-hybridized carbons (Fsp3) is 0.300. The third-order valence-electron chi connectivity index (χ3n) is 4.39. The Hall–Kier alpha value is -2.26. The van der Waals surface area contributed by atoms with Gasteiger partial charge in [0, 0.05) is 22.7 Å². The Labute approximate surface area is 136 Å². The summed E-state index contributed by atoms with van der Waals surface area (Å²) in [5.41, 5.74) is 1.31. The van der Waals surface area contributed by atoms with Crippen LogP contribution in [0.25, 0.3) is 10.9 Å². The summed E-state index contributed by atoms with van der Waals surface area (Å²) in [4.78, 5) is 3.24. The van der Waals surface area contributed by atoms with Crippen LogP contribution in [0.2, 0.25) is 0 Å². The molecule has 3 heteroatoms. The van der Waals surface area contributed by atoms with Crippen LogP contribution < -0.4 is 4.74 Å². The summed E-state index contributed by atoms with van der Waals surface area (Å²) in [6.07, 6.45) is 2.95. The van der Waals surface area contributed by atoms with Crippen molar-refractivity contribution in [2.45, 2.75) is 38.4 Å². The van der Waals surface area contributed by atoms with Gasteiger partial charge in [0.05, 0.1) is 6.10 Å². The molecule has 0 radical (unpaired) electrons. The number of aliphatic hydroxyl groups is 1. The van der Waals surface area contributed by atoms with Gasteiger partial charge in [0.2, 0.25) is 0 Å². The Morgan fingerprint density at radius 1 is 1.09 bits per heavy atom. The van der Waals surface area contributed by atoms with Crippen LogP contribution in [0.5, 0.6) is 5.75 Å². The van der Waals surface area contributed by atoms with Crippen molar-refractivity contribution >= 4 is 10.9 Å². The van der Waals surface area contributed by atoms with Gasteiger partial charge in [-0.25, -0.2) is 0 Å². The summed E-state index contributed by atoms with van der Waals surface area (Å²) < 4.78 is 6.40. The van der Waals surface area contributed by atoms with E-state index in [1.165, 1.54) is 0 Å². The lowest BCUT2D eigenvalue weighted by molar-refractivity contribution is -0.0557. The van der Waals surface area contributed by atoms with Crippen LogP contribution in [-0.2, 0) is 5.60 Å². The van der Waals surface area contributed by atoms with Crippen LogP contribution in [-0.4, -0.2) is 16.2 Å². The molecule has 0 bridgehead atoms. The van der Waals surface area contributed by atoms with Gasteiger partial charge in [0.25, 0.3) is 0 Å². The van der Waals surface area contributed by atoms with Gasteiger partial charge in [0.15, 0.2) is 5.60 Å². The molecule has 0 aliphatic carbocycles. The minimum atomic E-state index is -0.766. The van der Waals surface area contributed by atoms with E-state index in [2.05, 4.69) is 18.0 Å². The first kappa shape index (κ1) is 15.6. The summed E-state index contributed by atoms with van der Waals surface area (Å²) in [7, 11) is 0. The van der Waals surface area contributed by atoms with Crippen LogP contribution in [0, 0.1) is 0 Å². The monoisotopic (exact) mass is 309 g/mol. The van der Waals surface area contributed by atoms with Crippen molar-refractivity contribution in [3.05, 3.63) is 66.4 Å². The van der Waals surface area contributed by atoms with Crippen LogP contribution in [0.1, 0.15) is 32.3 Å². The van der Waals surface area contributed by atoms with Crippen LogP contribution >= 0.6 is 0 Å². The van der Waals surface area contributed by atoms with Gasteiger partial charge in [-0.2, -0.15) is 0 Å². The molecule has 23 heavy (non-hydrogen) atoms. The van der Waals surface area contributed by atoms with Crippen molar-refractivity contribution < 1.29 is 9.84 Å². The van der Waals surface area contributed by atoms with Gasteiger partial charge >= 0.3 is 0 Å². The van der Waals surface area contributed by atoms with Gasteiger partial charge in [-0.3, -0.25) is 0 Å². The fourth-order valence-electron chi connectivity index (χ4n) is 3.28. The number of aliphatic hydroxyl groups excluding tert-OH is 1. The smallest absolute Gasteiger partial charge is 0.160 e. The third kappa shape index (κ3) is 2.84. The molecule has 3 aromatic rings. The minimum absolute atomic E-state index is 0.636. The van der Waals surface area contributed by atoms with Crippen molar-refractivity contribution in [2.24, 2.45) is 0 Å². The Bertz CT molecular complexity index is 763. The normalized spacial score (nSPS) is 15.3. The number of rotatable bonds is 6. The lowest BCUT2D eigenvalue weighted by Crippen LogP contribution is -2.43. The first-order valence-electron chi connectivity index (χ1n) is 8.16.